The van der Waals surface area contributed by atoms with Crippen LogP contribution >= 0.6 is 15.9 Å². The Morgan fingerprint density at radius 1 is 1.43 bits per heavy atom. The zero-order valence-corrected chi connectivity index (χ0v) is 15.9. The van der Waals surface area contributed by atoms with Crippen molar-refractivity contribution < 1.29 is 5.11 Å². The van der Waals surface area contributed by atoms with Gasteiger partial charge in [0, 0.05) is 0 Å². The molecule has 0 aromatic rings. The minimum Gasteiger partial charge on any atom is -0.390 e. The highest BCUT2D eigenvalue weighted by atomic mass is 79.9. The molecule has 2 unspecified atom stereocenters. The number of allylic oxidation sites excluding steroid dienone is 1. The summed E-state index contributed by atoms with van der Waals surface area (Å²) in [6.07, 6.45) is 10.2. The minimum absolute atomic E-state index is 0.501. The molecule has 4 atom stereocenters. The molecular weight excluding hydrogens is 324 g/mol. The number of halogens is 1. The lowest BCUT2D eigenvalue weighted by molar-refractivity contribution is 0.0597. The van der Waals surface area contributed by atoms with Crippen molar-refractivity contribution in [2.45, 2.75) is 84.7 Å². The molecule has 0 radical (unpaired) electrons. The monoisotopic (exact) mass is 356 g/mol. The quantitative estimate of drug-likeness (QED) is 0.634. The molecule has 0 spiro atoms. The van der Waals surface area contributed by atoms with E-state index in [0.29, 0.717) is 5.41 Å². The largest absolute Gasteiger partial charge is 0.390 e. The third-order valence-corrected chi connectivity index (χ3v) is 6.90. The van der Waals surface area contributed by atoms with Gasteiger partial charge in [-0.15, -0.1) is 0 Å². The maximum Gasteiger partial charge on any atom is 0.0591 e. The summed E-state index contributed by atoms with van der Waals surface area (Å²) in [6, 6.07) is 0. The summed E-state index contributed by atoms with van der Waals surface area (Å²) in [5.41, 5.74) is 1.68. The Bertz CT molecular complexity index is 382. The van der Waals surface area contributed by atoms with E-state index in [2.05, 4.69) is 34.8 Å². The SMILES string of the molecule is C[C@H](CCCC(C)(C)O)C1CCC2C(=CBr)CCC[C@@]21C. The Kier molecular flexibility index (Phi) is 5.63. The standard InChI is InChI=1S/C19H33BrO/c1-14(7-5-11-18(2,3)21)16-9-10-17-15(13-20)8-6-12-19(16,17)4/h13-14,16-17,21H,5-12H2,1-4H3/t14-,16?,17?,19-/m1/s1. The van der Waals surface area contributed by atoms with Crippen molar-refractivity contribution in [1.82, 2.24) is 0 Å². The average molecular weight is 357 g/mol. The van der Waals surface area contributed by atoms with Crippen molar-refractivity contribution in [3.05, 3.63) is 10.6 Å². The van der Waals surface area contributed by atoms with Gasteiger partial charge in [0.2, 0.25) is 0 Å². The van der Waals surface area contributed by atoms with E-state index in [4.69, 9.17) is 0 Å². The van der Waals surface area contributed by atoms with Crippen LogP contribution in [-0.2, 0) is 0 Å². The molecular formula is C19H33BrO. The minimum atomic E-state index is -0.501. The molecule has 2 aliphatic rings. The number of rotatable bonds is 5. The average Bonchev–Trinajstić information content (AvgIpc) is 2.73. The lowest BCUT2D eigenvalue weighted by Gasteiger charge is -2.44. The number of aliphatic hydroxyl groups is 1. The molecule has 0 amide bonds. The fourth-order valence-electron chi connectivity index (χ4n) is 5.20. The van der Waals surface area contributed by atoms with E-state index in [9.17, 15) is 5.11 Å². The molecule has 0 saturated heterocycles. The summed E-state index contributed by atoms with van der Waals surface area (Å²) in [6.45, 7) is 8.86. The summed E-state index contributed by atoms with van der Waals surface area (Å²) in [5.74, 6) is 2.47. The maximum atomic E-state index is 9.89. The third kappa shape index (κ3) is 3.93. The molecule has 0 aromatic carbocycles. The first-order valence-corrected chi connectivity index (χ1v) is 9.71. The second-order valence-corrected chi connectivity index (χ2v) is 8.92. The van der Waals surface area contributed by atoms with Crippen molar-refractivity contribution in [2.24, 2.45) is 23.2 Å². The van der Waals surface area contributed by atoms with Crippen LogP contribution in [0, 0.1) is 23.2 Å². The molecule has 2 rings (SSSR count). The predicted molar refractivity (Wildman–Crippen MR) is 94.5 cm³/mol. The Morgan fingerprint density at radius 3 is 2.76 bits per heavy atom. The molecule has 2 fully saturated rings. The van der Waals surface area contributed by atoms with Crippen molar-refractivity contribution in [3.8, 4) is 0 Å². The first-order chi connectivity index (χ1) is 9.78. The highest BCUT2D eigenvalue weighted by Gasteiger charge is 2.50. The highest BCUT2D eigenvalue weighted by molar-refractivity contribution is 9.11. The van der Waals surface area contributed by atoms with E-state index in [1.807, 2.05) is 13.8 Å². The van der Waals surface area contributed by atoms with E-state index in [-0.39, 0.29) is 0 Å². The van der Waals surface area contributed by atoms with Crippen LogP contribution in [-0.4, -0.2) is 10.7 Å². The van der Waals surface area contributed by atoms with Crippen LogP contribution in [0.5, 0.6) is 0 Å². The zero-order chi connectivity index (χ0) is 15.7. The smallest absolute Gasteiger partial charge is 0.0591 e. The molecule has 0 aliphatic heterocycles. The first-order valence-electron chi connectivity index (χ1n) is 8.79. The van der Waals surface area contributed by atoms with E-state index in [1.165, 1.54) is 38.5 Å². The summed E-state index contributed by atoms with van der Waals surface area (Å²) in [7, 11) is 0. The summed E-state index contributed by atoms with van der Waals surface area (Å²) >= 11 is 3.60. The lowest BCUT2D eigenvalue weighted by atomic mass is 9.61. The van der Waals surface area contributed by atoms with Gasteiger partial charge in [0.15, 0.2) is 0 Å². The fourth-order valence-corrected chi connectivity index (χ4v) is 5.75. The topological polar surface area (TPSA) is 20.2 Å². The first kappa shape index (κ1) is 17.5. The second kappa shape index (κ2) is 6.74. The van der Waals surface area contributed by atoms with E-state index in [0.717, 1.165) is 30.6 Å². The Labute approximate surface area is 139 Å². The second-order valence-electron chi connectivity index (χ2n) is 8.46. The fraction of sp³-hybridized carbons (Fsp3) is 0.895. The highest BCUT2D eigenvalue weighted by Crippen LogP contribution is 2.59. The van der Waals surface area contributed by atoms with Crippen LogP contribution in [0.1, 0.15) is 79.1 Å². The Balaban J connectivity index is 1.97. The Hall–Kier alpha value is 0.180. The van der Waals surface area contributed by atoms with E-state index in [1.54, 1.807) is 5.57 Å². The van der Waals surface area contributed by atoms with Crippen LogP contribution in [0.25, 0.3) is 0 Å². The van der Waals surface area contributed by atoms with Gasteiger partial charge in [0.1, 0.15) is 0 Å². The maximum absolute atomic E-state index is 9.89. The molecule has 122 valence electrons. The van der Waals surface area contributed by atoms with Gasteiger partial charge in [0.05, 0.1) is 5.60 Å². The molecule has 21 heavy (non-hydrogen) atoms. The van der Waals surface area contributed by atoms with Gasteiger partial charge in [-0.25, -0.2) is 0 Å². The van der Waals surface area contributed by atoms with Gasteiger partial charge in [-0.1, -0.05) is 48.2 Å². The predicted octanol–water partition coefficient (Wildman–Crippen LogP) is 6.06. The molecule has 2 saturated carbocycles. The van der Waals surface area contributed by atoms with Crippen LogP contribution in [0.2, 0.25) is 0 Å². The molecule has 2 aliphatic carbocycles. The van der Waals surface area contributed by atoms with Crippen molar-refractivity contribution in [2.75, 3.05) is 0 Å². The molecule has 0 bridgehead atoms. The lowest BCUT2D eigenvalue weighted by Crippen LogP contribution is -2.36. The van der Waals surface area contributed by atoms with E-state index < -0.39 is 5.60 Å². The van der Waals surface area contributed by atoms with Crippen LogP contribution < -0.4 is 0 Å². The van der Waals surface area contributed by atoms with Gasteiger partial charge >= 0.3 is 0 Å². The number of hydrogen-bond acceptors (Lipinski definition) is 1. The number of fused-ring (bicyclic) bond motifs is 1. The van der Waals surface area contributed by atoms with Crippen LogP contribution in [0.4, 0.5) is 0 Å². The summed E-state index contributed by atoms with van der Waals surface area (Å²) < 4.78 is 0. The molecule has 0 heterocycles. The van der Waals surface area contributed by atoms with Crippen molar-refractivity contribution >= 4 is 15.9 Å². The van der Waals surface area contributed by atoms with Gasteiger partial charge in [0.25, 0.3) is 0 Å². The zero-order valence-electron chi connectivity index (χ0n) is 14.3. The van der Waals surface area contributed by atoms with Gasteiger partial charge in [-0.05, 0) is 80.5 Å². The van der Waals surface area contributed by atoms with Crippen LogP contribution in [0.15, 0.2) is 10.6 Å². The molecule has 2 heteroatoms. The van der Waals surface area contributed by atoms with Crippen molar-refractivity contribution in [1.29, 1.82) is 0 Å². The van der Waals surface area contributed by atoms with Crippen LogP contribution in [0.3, 0.4) is 0 Å². The number of hydrogen-bond donors (Lipinski definition) is 1. The summed E-state index contributed by atoms with van der Waals surface area (Å²) in [5, 5.41) is 9.89. The molecule has 0 aromatic heterocycles. The summed E-state index contributed by atoms with van der Waals surface area (Å²) in [4.78, 5) is 2.22. The third-order valence-electron chi connectivity index (χ3n) is 6.31. The normalized spacial score (nSPS) is 36.8. The molecule has 1 nitrogen and oxygen atoms in total. The van der Waals surface area contributed by atoms with Crippen molar-refractivity contribution in [3.63, 3.8) is 0 Å². The van der Waals surface area contributed by atoms with E-state index >= 15 is 0 Å². The van der Waals surface area contributed by atoms with Gasteiger partial charge in [-0.3, -0.25) is 0 Å². The molecule has 1 N–H and O–H groups in total. The van der Waals surface area contributed by atoms with Gasteiger partial charge < -0.3 is 5.11 Å². The van der Waals surface area contributed by atoms with Gasteiger partial charge in [-0.2, -0.15) is 0 Å². The Morgan fingerprint density at radius 2 is 2.14 bits per heavy atom.